The van der Waals surface area contributed by atoms with E-state index in [1.807, 2.05) is 30.0 Å². The molecule has 0 amide bonds. The molecule has 5 nitrogen and oxygen atoms in total. The van der Waals surface area contributed by atoms with Crippen LogP contribution in [0.25, 0.3) is 5.65 Å². The van der Waals surface area contributed by atoms with Crippen LogP contribution in [-0.2, 0) is 0 Å². The molecule has 2 aromatic rings. The van der Waals surface area contributed by atoms with Gasteiger partial charge < -0.3 is 15.0 Å². The van der Waals surface area contributed by atoms with Gasteiger partial charge in [0.25, 0.3) is 0 Å². The standard InChI is InChI=1S/C14H21N5/c1-10-3-5-11(6-4-10)17-13-14-16-7-8-19(14)9-12(15-2)18-13/h7-11,15H,3-6H2,1-2H3,(H,17,18). The zero-order valence-corrected chi connectivity index (χ0v) is 11.6. The van der Waals surface area contributed by atoms with Crippen molar-refractivity contribution in [1.29, 1.82) is 0 Å². The molecule has 0 aromatic carbocycles. The van der Waals surface area contributed by atoms with Crippen molar-refractivity contribution in [2.24, 2.45) is 5.92 Å². The third kappa shape index (κ3) is 2.50. The molecule has 0 unspecified atom stereocenters. The number of hydrogen-bond acceptors (Lipinski definition) is 4. The van der Waals surface area contributed by atoms with Crippen LogP contribution in [0.15, 0.2) is 18.6 Å². The third-order valence-electron chi connectivity index (χ3n) is 3.99. The summed E-state index contributed by atoms with van der Waals surface area (Å²) in [4.78, 5) is 8.98. The molecule has 1 fully saturated rings. The summed E-state index contributed by atoms with van der Waals surface area (Å²) >= 11 is 0. The molecular formula is C14H21N5. The van der Waals surface area contributed by atoms with Crippen LogP contribution in [0.1, 0.15) is 32.6 Å². The summed E-state index contributed by atoms with van der Waals surface area (Å²) in [5, 5.41) is 6.66. The van der Waals surface area contributed by atoms with Gasteiger partial charge in [-0.2, -0.15) is 0 Å². The SMILES string of the molecule is CNc1cn2ccnc2c(NC2CCC(C)CC2)n1. The minimum Gasteiger partial charge on any atom is -0.372 e. The molecule has 0 aliphatic heterocycles. The highest BCUT2D eigenvalue weighted by Crippen LogP contribution is 2.27. The molecule has 1 saturated carbocycles. The summed E-state index contributed by atoms with van der Waals surface area (Å²) in [5.74, 6) is 2.61. The Hall–Kier alpha value is -1.78. The normalized spacial score (nSPS) is 23.5. The number of nitrogens with one attached hydrogen (secondary N) is 2. The second-order valence-corrected chi connectivity index (χ2v) is 5.48. The fourth-order valence-corrected chi connectivity index (χ4v) is 2.75. The van der Waals surface area contributed by atoms with E-state index in [9.17, 15) is 0 Å². The van der Waals surface area contributed by atoms with Gasteiger partial charge in [-0.3, -0.25) is 0 Å². The second-order valence-electron chi connectivity index (χ2n) is 5.48. The molecule has 0 radical (unpaired) electrons. The molecule has 0 atom stereocenters. The monoisotopic (exact) mass is 259 g/mol. The smallest absolute Gasteiger partial charge is 0.180 e. The van der Waals surface area contributed by atoms with Gasteiger partial charge in [0.15, 0.2) is 11.5 Å². The first-order valence-corrected chi connectivity index (χ1v) is 7.04. The Labute approximate surface area is 113 Å². The summed E-state index contributed by atoms with van der Waals surface area (Å²) in [7, 11) is 1.89. The van der Waals surface area contributed by atoms with Crippen molar-refractivity contribution in [3.8, 4) is 0 Å². The van der Waals surface area contributed by atoms with Crippen LogP contribution in [-0.4, -0.2) is 27.5 Å². The van der Waals surface area contributed by atoms with E-state index in [2.05, 4.69) is 27.5 Å². The van der Waals surface area contributed by atoms with Gasteiger partial charge in [0, 0.05) is 25.5 Å². The molecule has 1 aliphatic carbocycles. The van der Waals surface area contributed by atoms with Crippen LogP contribution in [0.4, 0.5) is 11.6 Å². The van der Waals surface area contributed by atoms with Crippen molar-refractivity contribution in [2.75, 3.05) is 17.7 Å². The van der Waals surface area contributed by atoms with E-state index in [4.69, 9.17) is 0 Å². The fourth-order valence-electron chi connectivity index (χ4n) is 2.75. The van der Waals surface area contributed by atoms with E-state index in [0.717, 1.165) is 23.2 Å². The van der Waals surface area contributed by atoms with Crippen LogP contribution < -0.4 is 10.6 Å². The van der Waals surface area contributed by atoms with Crippen molar-refractivity contribution in [2.45, 2.75) is 38.6 Å². The van der Waals surface area contributed by atoms with Crippen LogP contribution in [0.2, 0.25) is 0 Å². The highest BCUT2D eigenvalue weighted by atomic mass is 15.1. The number of fused-ring (bicyclic) bond motifs is 1. The number of hydrogen-bond donors (Lipinski definition) is 2. The Bertz CT molecular complexity index is 554. The lowest BCUT2D eigenvalue weighted by atomic mass is 9.87. The molecule has 5 heteroatoms. The maximum Gasteiger partial charge on any atom is 0.180 e. The van der Waals surface area contributed by atoms with Gasteiger partial charge in [0.1, 0.15) is 5.82 Å². The van der Waals surface area contributed by atoms with Crippen LogP contribution in [0, 0.1) is 5.92 Å². The third-order valence-corrected chi connectivity index (χ3v) is 3.99. The maximum atomic E-state index is 4.60. The van der Waals surface area contributed by atoms with E-state index >= 15 is 0 Å². The molecule has 0 saturated heterocycles. The van der Waals surface area contributed by atoms with E-state index in [1.165, 1.54) is 25.7 Å². The zero-order valence-electron chi connectivity index (χ0n) is 11.6. The van der Waals surface area contributed by atoms with Gasteiger partial charge in [-0.05, 0) is 31.6 Å². The van der Waals surface area contributed by atoms with Crippen molar-refractivity contribution < 1.29 is 0 Å². The topological polar surface area (TPSA) is 54.2 Å². The van der Waals surface area contributed by atoms with Crippen molar-refractivity contribution >= 4 is 17.3 Å². The Morgan fingerprint density at radius 2 is 2.05 bits per heavy atom. The molecule has 102 valence electrons. The van der Waals surface area contributed by atoms with Crippen LogP contribution in [0.3, 0.4) is 0 Å². The number of anilines is 2. The Morgan fingerprint density at radius 3 is 2.79 bits per heavy atom. The Kier molecular flexibility index (Phi) is 3.27. The van der Waals surface area contributed by atoms with Gasteiger partial charge in [0.2, 0.25) is 0 Å². The average molecular weight is 259 g/mol. The van der Waals surface area contributed by atoms with Crippen molar-refractivity contribution in [3.05, 3.63) is 18.6 Å². The lowest BCUT2D eigenvalue weighted by Crippen LogP contribution is -2.26. The van der Waals surface area contributed by atoms with E-state index < -0.39 is 0 Å². The van der Waals surface area contributed by atoms with Crippen molar-refractivity contribution in [1.82, 2.24) is 14.4 Å². The maximum absolute atomic E-state index is 4.60. The summed E-state index contributed by atoms with van der Waals surface area (Å²) in [6, 6.07) is 0.524. The summed E-state index contributed by atoms with van der Waals surface area (Å²) in [5.41, 5.74) is 0.901. The molecular weight excluding hydrogens is 238 g/mol. The van der Waals surface area contributed by atoms with Gasteiger partial charge in [-0.25, -0.2) is 9.97 Å². The zero-order chi connectivity index (χ0) is 13.2. The quantitative estimate of drug-likeness (QED) is 0.890. The lowest BCUT2D eigenvalue weighted by molar-refractivity contribution is 0.361. The fraction of sp³-hybridized carbons (Fsp3) is 0.571. The molecule has 2 heterocycles. The molecule has 0 bridgehead atoms. The van der Waals surface area contributed by atoms with E-state index in [-0.39, 0.29) is 0 Å². The molecule has 3 rings (SSSR count). The first-order valence-electron chi connectivity index (χ1n) is 7.04. The van der Waals surface area contributed by atoms with E-state index in [0.29, 0.717) is 6.04 Å². The summed E-state index contributed by atoms with van der Waals surface area (Å²) in [6.45, 7) is 2.34. The van der Waals surface area contributed by atoms with Gasteiger partial charge in [-0.15, -0.1) is 0 Å². The highest BCUT2D eigenvalue weighted by molar-refractivity contribution is 5.65. The lowest BCUT2D eigenvalue weighted by Gasteiger charge is -2.27. The molecule has 0 spiro atoms. The van der Waals surface area contributed by atoms with Gasteiger partial charge >= 0.3 is 0 Å². The number of imidazole rings is 1. The number of aromatic nitrogens is 3. The minimum atomic E-state index is 0.524. The molecule has 2 aromatic heterocycles. The van der Waals surface area contributed by atoms with Gasteiger partial charge in [-0.1, -0.05) is 6.92 Å². The largest absolute Gasteiger partial charge is 0.372 e. The first kappa shape index (κ1) is 12.3. The Balaban J connectivity index is 1.85. The number of rotatable bonds is 3. The number of nitrogens with zero attached hydrogens (tertiary/aromatic N) is 3. The Morgan fingerprint density at radius 1 is 1.26 bits per heavy atom. The minimum absolute atomic E-state index is 0.524. The average Bonchev–Trinajstić information content (AvgIpc) is 2.89. The van der Waals surface area contributed by atoms with Crippen LogP contribution >= 0.6 is 0 Å². The second kappa shape index (κ2) is 5.07. The van der Waals surface area contributed by atoms with Crippen molar-refractivity contribution in [3.63, 3.8) is 0 Å². The molecule has 19 heavy (non-hydrogen) atoms. The van der Waals surface area contributed by atoms with E-state index in [1.54, 1.807) is 0 Å². The highest BCUT2D eigenvalue weighted by Gasteiger charge is 2.19. The molecule has 2 N–H and O–H groups in total. The van der Waals surface area contributed by atoms with Crippen LogP contribution in [0.5, 0.6) is 0 Å². The molecule has 1 aliphatic rings. The summed E-state index contributed by atoms with van der Waals surface area (Å²) < 4.78 is 2.01. The summed E-state index contributed by atoms with van der Waals surface area (Å²) in [6.07, 6.45) is 10.8. The predicted molar refractivity (Wildman–Crippen MR) is 77.6 cm³/mol. The predicted octanol–water partition coefficient (Wildman–Crippen LogP) is 2.76. The first-order chi connectivity index (χ1) is 9.26. The van der Waals surface area contributed by atoms with Gasteiger partial charge in [0.05, 0.1) is 6.20 Å².